The number of morpholine rings is 1. The molecule has 1 fully saturated rings. The van der Waals surface area contributed by atoms with Crippen molar-refractivity contribution in [3.8, 4) is 0 Å². The summed E-state index contributed by atoms with van der Waals surface area (Å²) in [5.41, 5.74) is 1.27. The van der Waals surface area contributed by atoms with Crippen LogP contribution in [0.3, 0.4) is 0 Å². The summed E-state index contributed by atoms with van der Waals surface area (Å²) in [6.07, 6.45) is 0.943. The maximum atomic E-state index is 14.2. The van der Waals surface area contributed by atoms with Gasteiger partial charge < -0.3 is 15.0 Å². The molecule has 2 atom stereocenters. The van der Waals surface area contributed by atoms with E-state index in [0.29, 0.717) is 37.9 Å². The van der Waals surface area contributed by atoms with Gasteiger partial charge in [0, 0.05) is 32.2 Å². The van der Waals surface area contributed by atoms with Crippen LogP contribution in [0.2, 0.25) is 0 Å². The Morgan fingerprint density at radius 1 is 1.15 bits per heavy atom. The number of carbonyl (C=O) groups is 2. The molecule has 2 aliphatic rings. The lowest BCUT2D eigenvalue weighted by atomic mass is 9.97. The number of fused-ring (bicyclic) bond motifs is 1. The van der Waals surface area contributed by atoms with Crippen LogP contribution in [0.4, 0.5) is 13.2 Å². The highest BCUT2D eigenvalue weighted by Gasteiger charge is 2.36. The first-order chi connectivity index (χ1) is 15.8. The molecule has 1 aromatic heterocycles. The number of rotatable bonds is 6. The summed E-state index contributed by atoms with van der Waals surface area (Å²) in [7, 11) is 0. The third-order valence-corrected chi connectivity index (χ3v) is 5.99. The molecule has 0 spiro atoms. The number of halogens is 3. The largest absolute Gasteiger partial charge is 0.379 e. The predicted octanol–water partition coefficient (Wildman–Crippen LogP) is 1.96. The van der Waals surface area contributed by atoms with E-state index >= 15 is 0 Å². The predicted molar refractivity (Wildman–Crippen MR) is 112 cm³/mol. The minimum Gasteiger partial charge on any atom is -0.379 e. The second kappa shape index (κ2) is 9.88. The summed E-state index contributed by atoms with van der Waals surface area (Å²) in [5, 5.41) is 2.71. The van der Waals surface area contributed by atoms with Crippen LogP contribution in [-0.4, -0.2) is 65.5 Å². The number of carbonyl (C=O) groups excluding carboxylic acids is 2. The van der Waals surface area contributed by atoms with E-state index < -0.39 is 35.4 Å². The molecule has 0 aliphatic carbocycles. The second-order valence-corrected chi connectivity index (χ2v) is 8.29. The lowest BCUT2D eigenvalue weighted by Gasteiger charge is -2.38. The molecule has 4 rings (SSSR count). The molecule has 1 aromatic carbocycles. The molecule has 2 aromatic rings. The zero-order valence-electron chi connectivity index (χ0n) is 18.2. The number of nitrogens with zero attached hydrogens (tertiary/aromatic N) is 3. The van der Waals surface area contributed by atoms with Gasteiger partial charge in [0.1, 0.15) is 23.5 Å². The van der Waals surface area contributed by atoms with Crippen LogP contribution in [0.5, 0.6) is 0 Å². The van der Waals surface area contributed by atoms with Crippen LogP contribution < -0.4 is 5.32 Å². The Morgan fingerprint density at radius 3 is 2.64 bits per heavy atom. The molecule has 3 heterocycles. The van der Waals surface area contributed by atoms with Gasteiger partial charge in [0.2, 0.25) is 11.8 Å². The number of pyridine rings is 1. The highest BCUT2D eigenvalue weighted by atomic mass is 19.1. The van der Waals surface area contributed by atoms with Crippen molar-refractivity contribution in [2.75, 3.05) is 32.8 Å². The van der Waals surface area contributed by atoms with Crippen molar-refractivity contribution in [2.45, 2.75) is 32.0 Å². The van der Waals surface area contributed by atoms with E-state index in [1.165, 1.54) is 24.0 Å². The Morgan fingerprint density at radius 2 is 1.91 bits per heavy atom. The fourth-order valence-electron chi connectivity index (χ4n) is 4.21. The van der Waals surface area contributed by atoms with Gasteiger partial charge >= 0.3 is 0 Å². The number of aromatic nitrogens is 1. The van der Waals surface area contributed by atoms with Gasteiger partial charge in [-0.1, -0.05) is 6.07 Å². The van der Waals surface area contributed by atoms with E-state index in [0.717, 1.165) is 11.8 Å². The molecule has 1 saturated heterocycles. The molecule has 33 heavy (non-hydrogen) atoms. The molecule has 176 valence electrons. The molecule has 0 saturated carbocycles. The van der Waals surface area contributed by atoms with Gasteiger partial charge in [0.15, 0.2) is 0 Å². The van der Waals surface area contributed by atoms with E-state index in [-0.39, 0.29) is 31.1 Å². The SMILES string of the molecule is C[C@H](NC(=O)[C@@H](CN1CCOCC1)N1Cc2cc(F)ccc2CC1=O)c1ncc(F)cc1F. The maximum absolute atomic E-state index is 14.2. The number of ether oxygens (including phenoxy) is 1. The van der Waals surface area contributed by atoms with Crippen LogP contribution >= 0.6 is 0 Å². The van der Waals surface area contributed by atoms with Crippen LogP contribution in [0.1, 0.15) is 29.8 Å². The first-order valence-corrected chi connectivity index (χ1v) is 10.8. The Labute approximate surface area is 189 Å². The minimum absolute atomic E-state index is 0.0617. The standard InChI is InChI=1S/C23H25F3N4O3/c1-14(22-19(26)10-18(25)11-27-22)28-23(32)20(13-29-4-6-33-7-5-29)30-12-16-8-17(24)3-2-15(16)9-21(30)31/h2-3,8,10-11,14,20H,4-7,9,12-13H2,1H3,(H,28,32)/t14-,20+/m0/s1. The summed E-state index contributed by atoms with van der Waals surface area (Å²) in [6, 6.07) is 3.23. The molecule has 10 heteroatoms. The van der Waals surface area contributed by atoms with E-state index in [9.17, 15) is 22.8 Å². The van der Waals surface area contributed by atoms with Gasteiger partial charge in [-0.25, -0.2) is 13.2 Å². The van der Waals surface area contributed by atoms with E-state index in [1.807, 2.05) is 4.90 Å². The van der Waals surface area contributed by atoms with E-state index in [1.54, 1.807) is 6.07 Å². The number of benzene rings is 1. The Bertz CT molecular complexity index is 1050. The van der Waals surface area contributed by atoms with Gasteiger partial charge in [-0.3, -0.25) is 19.5 Å². The Kier molecular flexibility index (Phi) is 6.94. The van der Waals surface area contributed by atoms with Crippen molar-refractivity contribution in [3.63, 3.8) is 0 Å². The molecule has 2 aliphatic heterocycles. The molecule has 1 N–H and O–H groups in total. The van der Waals surface area contributed by atoms with Crippen LogP contribution in [0.15, 0.2) is 30.5 Å². The third kappa shape index (κ3) is 5.33. The zero-order chi connectivity index (χ0) is 23.5. The summed E-state index contributed by atoms with van der Waals surface area (Å²) >= 11 is 0. The van der Waals surface area contributed by atoms with Crippen LogP contribution in [0.25, 0.3) is 0 Å². The zero-order valence-corrected chi connectivity index (χ0v) is 18.2. The molecular weight excluding hydrogens is 437 g/mol. The molecule has 2 amide bonds. The smallest absolute Gasteiger partial charge is 0.244 e. The van der Waals surface area contributed by atoms with Crippen molar-refractivity contribution in [1.82, 2.24) is 20.1 Å². The first-order valence-electron chi connectivity index (χ1n) is 10.8. The van der Waals surface area contributed by atoms with Crippen molar-refractivity contribution in [1.29, 1.82) is 0 Å². The highest BCUT2D eigenvalue weighted by Crippen LogP contribution is 2.24. The van der Waals surface area contributed by atoms with Gasteiger partial charge in [0.05, 0.1) is 37.6 Å². The van der Waals surface area contributed by atoms with Gasteiger partial charge in [-0.05, 0) is 30.2 Å². The lowest BCUT2D eigenvalue weighted by molar-refractivity contribution is -0.143. The Balaban J connectivity index is 1.57. The van der Waals surface area contributed by atoms with E-state index in [4.69, 9.17) is 4.74 Å². The van der Waals surface area contributed by atoms with Gasteiger partial charge in [-0.2, -0.15) is 0 Å². The lowest BCUT2D eigenvalue weighted by Crippen LogP contribution is -2.57. The van der Waals surface area contributed by atoms with Crippen LogP contribution in [-0.2, 0) is 27.3 Å². The average Bonchev–Trinajstić information content (AvgIpc) is 2.78. The van der Waals surface area contributed by atoms with Crippen LogP contribution in [0, 0.1) is 17.5 Å². The summed E-state index contributed by atoms with van der Waals surface area (Å²) in [6.45, 7) is 4.09. The molecule has 7 nitrogen and oxygen atoms in total. The van der Waals surface area contributed by atoms with Gasteiger partial charge in [0.25, 0.3) is 0 Å². The number of nitrogens with one attached hydrogen (secondary N) is 1. The molecule has 0 bridgehead atoms. The van der Waals surface area contributed by atoms with E-state index in [2.05, 4.69) is 10.3 Å². The third-order valence-electron chi connectivity index (χ3n) is 5.99. The van der Waals surface area contributed by atoms with Crippen molar-refractivity contribution in [3.05, 3.63) is 64.7 Å². The molecular formula is C23H25F3N4O3. The second-order valence-electron chi connectivity index (χ2n) is 8.29. The van der Waals surface area contributed by atoms with Crippen molar-refractivity contribution < 1.29 is 27.5 Å². The Hall–Kier alpha value is -2.98. The highest BCUT2D eigenvalue weighted by molar-refractivity contribution is 5.89. The quantitative estimate of drug-likeness (QED) is 0.711. The fourth-order valence-corrected chi connectivity index (χ4v) is 4.21. The first kappa shape index (κ1) is 23.2. The van der Waals surface area contributed by atoms with Crippen molar-refractivity contribution in [2.24, 2.45) is 0 Å². The number of hydrogen-bond donors (Lipinski definition) is 1. The normalized spacial score (nSPS) is 18.5. The summed E-state index contributed by atoms with van der Waals surface area (Å²) < 4.78 is 46.6. The number of amides is 2. The average molecular weight is 462 g/mol. The monoisotopic (exact) mass is 462 g/mol. The molecule has 0 unspecified atom stereocenters. The topological polar surface area (TPSA) is 74.8 Å². The molecule has 0 radical (unpaired) electrons. The fraction of sp³-hybridized carbons (Fsp3) is 0.435. The summed E-state index contributed by atoms with van der Waals surface area (Å²) in [4.78, 5) is 33.5. The summed E-state index contributed by atoms with van der Waals surface area (Å²) in [5.74, 6) is -2.84. The van der Waals surface area contributed by atoms with Crippen molar-refractivity contribution >= 4 is 11.8 Å². The maximum Gasteiger partial charge on any atom is 0.244 e. The minimum atomic E-state index is -0.891. The van der Waals surface area contributed by atoms with Gasteiger partial charge in [-0.15, -0.1) is 0 Å². The number of hydrogen-bond acceptors (Lipinski definition) is 5.